The fourth-order valence-corrected chi connectivity index (χ4v) is 2.65. The molecule has 4 amide bonds. The van der Waals surface area contributed by atoms with Gasteiger partial charge >= 0.3 is 6.03 Å². The fraction of sp³-hybridized carbons (Fsp3) is 0.615. The number of carbonyl (C=O) groups excluding carboxylic acids is 3. The molecule has 0 bridgehead atoms. The van der Waals surface area contributed by atoms with E-state index in [1.165, 1.54) is 0 Å². The molecule has 2 rings (SSSR count). The Kier molecular flexibility index (Phi) is 3.66. The maximum absolute atomic E-state index is 12.2. The Bertz CT molecular complexity index is 441. The summed E-state index contributed by atoms with van der Waals surface area (Å²) >= 11 is 0. The molecule has 96 valence electrons. The molecule has 1 unspecified atom stereocenters. The van der Waals surface area contributed by atoms with Crippen LogP contribution in [0.3, 0.4) is 0 Å². The summed E-state index contributed by atoms with van der Waals surface area (Å²) in [6, 6.07) is -0.651. The predicted molar refractivity (Wildman–Crippen MR) is 64.1 cm³/mol. The van der Waals surface area contributed by atoms with Gasteiger partial charge in [-0.05, 0) is 25.7 Å². The van der Waals surface area contributed by atoms with E-state index in [1.54, 1.807) is 6.92 Å². The largest absolute Gasteiger partial charge is 0.331 e. The molecule has 1 aliphatic carbocycles. The molecule has 5 heteroatoms. The standard InChI is InChI=1S/C13H16N2O3/c1-2-3-8-15-12(17)10(9-6-4-5-7-9)11(16)14-13(15)18/h9-10H,4-8H2,1H3,(H,14,16,18). The van der Waals surface area contributed by atoms with Crippen LogP contribution in [0.1, 0.15) is 32.6 Å². The number of imide groups is 2. The highest BCUT2D eigenvalue weighted by Crippen LogP contribution is 2.33. The zero-order valence-electron chi connectivity index (χ0n) is 10.4. The van der Waals surface area contributed by atoms with Gasteiger partial charge in [-0.15, -0.1) is 5.92 Å². The van der Waals surface area contributed by atoms with Gasteiger partial charge in [0.1, 0.15) is 5.92 Å². The summed E-state index contributed by atoms with van der Waals surface area (Å²) in [5.41, 5.74) is 0. The zero-order valence-corrected chi connectivity index (χ0v) is 10.4. The molecule has 1 N–H and O–H groups in total. The van der Waals surface area contributed by atoms with Crippen LogP contribution in [0.25, 0.3) is 0 Å². The maximum Gasteiger partial charge on any atom is 0.331 e. The minimum Gasteiger partial charge on any atom is -0.277 e. The smallest absolute Gasteiger partial charge is 0.277 e. The van der Waals surface area contributed by atoms with Crippen molar-refractivity contribution in [1.82, 2.24) is 10.2 Å². The average molecular weight is 248 g/mol. The lowest BCUT2D eigenvalue weighted by molar-refractivity contribution is -0.144. The second-order valence-corrected chi connectivity index (χ2v) is 4.67. The van der Waals surface area contributed by atoms with Crippen molar-refractivity contribution in [2.24, 2.45) is 11.8 Å². The van der Waals surface area contributed by atoms with Gasteiger partial charge in [0.15, 0.2) is 0 Å². The summed E-state index contributed by atoms with van der Waals surface area (Å²) in [4.78, 5) is 36.7. The Hall–Kier alpha value is -1.83. The first-order valence-electron chi connectivity index (χ1n) is 6.21. The van der Waals surface area contributed by atoms with Crippen LogP contribution in [-0.4, -0.2) is 29.3 Å². The molecule has 1 saturated heterocycles. The molecule has 1 saturated carbocycles. The number of urea groups is 1. The van der Waals surface area contributed by atoms with E-state index in [9.17, 15) is 14.4 Å². The molecular formula is C13H16N2O3. The number of nitrogens with one attached hydrogen (secondary N) is 1. The van der Waals surface area contributed by atoms with Crippen LogP contribution in [0.15, 0.2) is 0 Å². The van der Waals surface area contributed by atoms with Crippen molar-refractivity contribution >= 4 is 17.8 Å². The van der Waals surface area contributed by atoms with Gasteiger partial charge < -0.3 is 0 Å². The first-order chi connectivity index (χ1) is 8.65. The fourth-order valence-electron chi connectivity index (χ4n) is 2.65. The van der Waals surface area contributed by atoms with Gasteiger partial charge in [0.2, 0.25) is 11.8 Å². The van der Waals surface area contributed by atoms with E-state index >= 15 is 0 Å². The molecule has 18 heavy (non-hydrogen) atoms. The van der Waals surface area contributed by atoms with Gasteiger partial charge in [0.05, 0.1) is 6.54 Å². The number of rotatable bonds is 2. The molecule has 1 atom stereocenters. The van der Waals surface area contributed by atoms with Crippen molar-refractivity contribution in [2.75, 3.05) is 6.54 Å². The Balaban J connectivity index is 2.18. The number of carbonyl (C=O) groups is 3. The van der Waals surface area contributed by atoms with Crippen molar-refractivity contribution in [2.45, 2.75) is 32.6 Å². The molecule has 0 aromatic carbocycles. The second kappa shape index (κ2) is 5.21. The number of hydrogen-bond donors (Lipinski definition) is 1. The lowest BCUT2D eigenvalue weighted by Gasteiger charge is -2.31. The minimum absolute atomic E-state index is 0.0532. The van der Waals surface area contributed by atoms with Crippen LogP contribution in [0.4, 0.5) is 4.79 Å². The highest BCUT2D eigenvalue weighted by Gasteiger charge is 2.44. The quantitative estimate of drug-likeness (QED) is 0.583. The van der Waals surface area contributed by atoms with Crippen LogP contribution in [-0.2, 0) is 9.59 Å². The van der Waals surface area contributed by atoms with Crippen molar-refractivity contribution in [3.63, 3.8) is 0 Å². The third-order valence-electron chi connectivity index (χ3n) is 3.58. The summed E-state index contributed by atoms with van der Waals surface area (Å²) in [6.45, 7) is 1.70. The topological polar surface area (TPSA) is 66.5 Å². The third kappa shape index (κ3) is 2.23. The molecular weight excluding hydrogens is 232 g/mol. The van der Waals surface area contributed by atoms with Gasteiger partial charge in [-0.2, -0.15) is 0 Å². The molecule has 1 aliphatic heterocycles. The summed E-state index contributed by atoms with van der Waals surface area (Å²) in [7, 11) is 0. The Morgan fingerprint density at radius 2 is 1.94 bits per heavy atom. The zero-order chi connectivity index (χ0) is 13.1. The molecule has 5 nitrogen and oxygen atoms in total. The number of nitrogens with zero attached hydrogens (tertiary/aromatic N) is 1. The van der Waals surface area contributed by atoms with Crippen LogP contribution < -0.4 is 5.32 Å². The van der Waals surface area contributed by atoms with E-state index in [1.807, 2.05) is 0 Å². The molecule has 0 radical (unpaired) electrons. The second-order valence-electron chi connectivity index (χ2n) is 4.67. The van der Waals surface area contributed by atoms with Crippen LogP contribution in [0.2, 0.25) is 0 Å². The van der Waals surface area contributed by atoms with Crippen LogP contribution in [0.5, 0.6) is 0 Å². The normalized spacial score (nSPS) is 24.8. The SMILES string of the molecule is CC#CCN1C(=O)NC(=O)C(C2CCCC2)C1=O. The summed E-state index contributed by atoms with van der Waals surface area (Å²) in [6.07, 6.45) is 3.85. The van der Waals surface area contributed by atoms with Gasteiger partial charge in [0.25, 0.3) is 0 Å². The number of hydrogen-bond acceptors (Lipinski definition) is 3. The average Bonchev–Trinajstić information content (AvgIpc) is 2.82. The van der Waals surface area contributed by atoms with Gasteiger partial charge in [-0.1, -0.05) is 18.8 Å². The van der Waals surface area contributed by atoms with Crippen molar-refractivity contribution < 1.29 is 14.4 Å². The Morgan fingerprint density at radius 3 is 2.56 bits per heavy atom. The molecule has 2 fully saturated rings. The van der Waals surface area contributed by atoms with Gasteiger partial charge in [-0.25, -0.2) is 4.79 Å². The molecule has 2 aliphatic rings. The van der Waals surface area contributed by atoms with Crippen molar-refractivity contribution in [3.8, 4) is 11.8 Å². The van der Waals surface area contributed by atoms with E-state index in [2.05, 4.69) is 17.2 Å². The lowest BCUT2D eigenvalue weighted by atomic mass is 9.87. The molecule has 0 spiro atoms. The van der Waals surface area contributed by atoms with Crippen LogP contribution in [0, 0.1) is 23.7 Å². The molecule has 1 heterocycles. The maximum atomic E-state index is 12.2. The van der Waals surface area contributed by atoms with Gasteiger partial charge in [-0.3, -0.25) is 19.8 Å². The minimum atomic E-state index is -0.705. The summed E-state index contributed by atoms with van der Waals surface area (Å²) in [5, 5.41) is 2.26. The number of barbiturate groups is 1. The van der Waals surface area contributed by atoms with E-state index in [-0.39, 0.29) is 12.5 Å². The highest BCUT2D eigenvalue weighted by molar-refractivity contribution is 6.16. The monoisotopic (exact) mass is 248 g/mol. The Morgan fingerprint density at radius 1 is 1.28 bits per heavy atom. The van der Waals surface area contributed by atoms with E-state index in [0.29, 0.717) is 0 Å². The number of amides is 4. The summed E-state index contributed by atoms with van der Waals surface area (Å²) < 4.78 is 0. The molecule has 0 aromatic rings. The predicted octanol–water partition coefficient (Wildman–Crippen LogP) is 0.894. The third-order valence-corrected chi connectivity index (χ3v) is 3.58. The van der Waals surface area contributed by atoms with E-state index < -0.39 is 23.8 Å². The Labute approximate surface area is 106 Å². The summed E-state index contributed by atoms with van der Waals surface area (Å²) in [5.74, 6) is 3.86. The van der Waals surface area contributed by atoms with Crippen molar-refractivity contribution in [3.05, 3.63) is 0 Å². The van der Waals surface area contributed by atoms with Crippen LogP contribution >= 0.6 is 0 Å². The molecule has 0 aromatic heterocycles. The first kappa shape index (κ1) is 12.6. The van der Waals surface area contributed by atoms with E-state index in [0.717, 1.165) is 30.6 Å². The highest BCUT2D eigenvalue weighted by atomic mass is 16.2. The lowest BCUT2D eigenvalue weighted by Crippen LogP contribution is -2.59. The first-order valence-corrected chi connectivity index (χ1v) is 6.21. The van der Waals surface area contributed by atoms with E-state index in [4.69, 9.17) is 0 Å². The van der Waals surface area contributed by atoms with Crippen molar-refractivity contribution in [1.29, 1.82) is 0 Å². The van der Waals surface area contributed by atoms with Gasteiger partial charge in [0, 0.05) is 0 Å².